The number of benzene rings is 2. The van der Waals surface area contributed by atoms with E-state index in [4.69, 9.17) is 0 Å². The van der Waals surface area contributed by atoms with Crippen LogP contribution >= 0.6 is 0 Å². The number of amides is 1. The molecule has 4 nitrogen and oxygen atoms in total. The molecule has 0 spiro atoms. The molecule has 130 valence electrons. The smallest absolute Gasteiger partial charge is 0.223 e. The third-order valence-corrected chi connectivity index (χ3v) is 4.44. The fourth-order valence-corrected chi connectivity index (χ4v) is 3.16. The van der Waals surface area contributed by atoms with E-state index in [0.29, 0.717) is 38.2 Å². The van der Waals surface area contributed by atoms with Gasteiger partial charge in [0.2, 0.25) is 5.91 Å². The number of hydrogen-bond acceptors (Lipinski definition) is 3. The third kappa shape index (κ3) is 3.87. The van der Waals surface area contributed by atoms with Gasteiger partial charge >= 0.3 is 0 Å². The summed E-state index contributed by atoms with van der Waals surface area (Å²) in [6, 6.07) is 12.6. The van der Waals surface area contributed by atoms with Crippen molar-refractivity contribution in [1.29, 1.82) is 0 Å². The van der Waals surface area contributed by atoms with E-state index < -0.39 is 5.82 Å². The highest BCUT2D eigenvalue weighted by Gasteiger charge is 2.22. The molecule has 1 amide bonds. The maximum atomic E-state index is 13.8. The Labute approximate surface area is 146 Å². The Balaban J connectivity index is 1.49. The van der Waals surface area contributed by atoms with Crippen molar-refractivity contribution in [2.24, 2.45) is 0 Å². The lowest BCUT2D eigenvalue weighted by molar-refractivity contribution is -0.131. The standard InChI is InChI=1S/C20H21FN2O2/c1-14(24)20-17(21)8-4-9-18(20)22-11-5-10-19(25)23-12-15-6-2-3-7-16(15)13-23/h2-4,6-9,22H,5,10-13H2,1H3. The molecule has 0 radical (unpaired) electrons. The summed E-state index contributed by atoms with van der Waals surface area (Å²) < 4.78 is 13.8. The topological polar surface area (TPSA) is 49.4 Å². The van der Waals surface area contributed by atoms with E-state index in [-0.39, 0.29) is 17.3 Å². The van der Waals surface area contributed by atoms with Gasteiger partial charge in [0.15, 0.2) is 5.78 Å². The Bertz CT molecular complexity index is 779. The number of rotatable bonds is 6. The molecule has 0 aliphatic carbocycles. The van der Waals surface area contributed by atoms with E-state index in [1.54, 1.807) is 12.1 Å². The molecule has 0 saturated carbocycles. The molecule has 2 aromatic carbocycles. The zero-order valence-electron chi connectivity index (χ0n) is 14.2. The Morgan fingerprint density at radius 2 is 1.76 bits per heavy atom. The number of hydrogen-bond donors (Lipinski definition) is 1. The predicted octanol–water partition coefficient (Wildman–Crippen LogP) is 3.76. The molecule has 0 atom stereocenters. The van der Waals surface area contributed by atoms with Crippen molar-refractivity contribution in [2.75, 3.05) is 11.9 Å². The first-order chi connectivity index (χ1) is 12.1. The van der Waals surface area contributed by atoms with Crippen molar-refractivity contribution in [1.82, 2.24) is 4.90 Å². The van der Waals surface area contributed by atoms with Gasteiger partial charge in [-0.15, -0.1) is 0 Å². The number of fused-ring (bicyclic) bond motifs is 1. The summed E-state index contributed by atoms with van der Waals surface area (Å²) in [6.07, 6.45) is 1.05. The Morgan fingerprint density at radius 3 is 2.40 bits per heavy atom. The van der Waals surface area contributed by atoms with E-state index in [1.165, 1.54) is 24.1 Å². The summed E-state index contributed by atoms with van der Waals surface area (Å²) in [7, 11) is 0. The van der Waals surface area contributed by atoms with Crippen LogP contribution in [0.25, 0.3) is 0 Å². The van der Waals surface area contributed by atoms with Gasteiger partial charge in [-0.05, 0) is 36.6 Å². The summed E-state index contributed by atoms with van der Waals surface area (Å²) in [4.78, 5) is 25.8. The van der Waals surface area contributed by atoms with Gasteiger partial charge in [0.1, 0.15) is 5.82 Å². The van der Waals surface area contributed by atoms with Crippen LogP contribution < -0.4 is 5.32 Å². The second-order valence-corrected chi connectivity index (χ2v) is 6.27. The van der Waals surface area contributed by atoms with Crippen molar-refractivity contribution in [3.8, 4) is 0 Å². The molecule has 0 fully saturated rings. The van der Waals surface area contributed by atoms with Gasteiger partial charge in [-0.2, -0.15) is 0 Å². The van der Waals surface area contributed by atoms with Crippen LogP contribution in [0.3, 0.4) is 0 Å². The van der Waals surface area contributed by atoms with Crippen LogP contribution in [0.1, 0.15) is 41.3 Å². The van der Waals surface area contributed by atoms with Crippen molar-refractivity contribution in [3.05, 3.63) is 65.0 Å². The SMILES string of the molecule is CC(=O)c1c(F)cccc1NCCCC(=O)N1Cc2ccccc2C1. The fraction of sp³-hybridized carbons (Fsp3) is 0.300. The molecule has 1 aliphatic rings. The second-order valence-electron chi connectivity index (χ2n) is 6.27. The van der Waals surface area contributed by atoms with Crippen LogP contribution in [-0.4, -0.2) is 23.1 Å². The molecule has 5 heteroatoms. The quantitative estimate of drug-likeness (QED) is 0.643. The molecule has 25 heavy (non-hydrogen) atoms. The Hall–Kier alpha value is -2.69. The minimum Gasteiger partial charge on any atom is -0.384 e. The summed E-state index contributed by atoms with van der Waals surface area (Å²) in [6.45, 7) is 3.19. The summed E-state index contributed by atoms with van der Waals surface area (Å²) >= 11 is 0. The number of carbonyl (C=O) groups excluding carboxylic acids is 2. The second kappa shape index (κ2) is 7.47. The maximum absolute atomic E-state index is 13.8. The number of Topliss-reactive ketones (excluding diaryl/α,β-unsaturated/α-hetero) is 1. The van der Waals surface area contributed by atoms with Crippen LogP contribution in [-0.2, 0) is 17.9 Å². The molecule has 3 rings (SSSR count). The van der Waals surface area contributed by atoms with Gasteiger partial charge < -0.3 is 10.2 Å². The molecule has 0 bridgehead atoms. The first kappa shape index (κ1) is 17.1. The minimum absolute atomic E-state index is 0.0730. The number of nitrogens with one attached hydrogen (secondary N) is 1. The lowest BCUT2D eigenvalue weighted by Gasteiger charge is -2.16. The summed E-state index contributed by atoms with van der Waals surface area (Å²) in [5, 5.41) is 3.07. The van der Waals surface area contributed by atoms with Gasteiger partial charge in [0.05, 0.1) is 5.56 Å². The molecule has 1 aliphatic heterocycles. The number of halogens is 1. The highest BCUT2D eigenvalue weighted by molar-refractivity contribution is 5.99. The molecular formula is C20H21FN2O2. The van der Waals surface area contributed by atoms with E-state index in [9.17, 15) is 14.0 Å². The highest BCUT2D eigenvalue weighted by Crippen LogP contribution is 2.23. The normalized spacial score (nSPS) is 12.8. The maximum Gasteiger partial charge on any atom is 0.223 e. The van der Waals surface area contributed by atoms with Crippen LogP contribution in [0.4, 0.5) is 10.1 Å². The lowest BCUT2D eigenvalue weighted by atomic mass is 10.1. The Kier molecular flexibility index (Phi) is 5.12. The number of anilines is 1. The molecule has 1 N–H and O–H groups in total. The van der Waals surface area contributed by atoms with E-state index in [0.717, 1.165) is 0 Å². The monoisotopic (exact) mass is 340 g/mol. The highest BCUT2D eigenvalue weighted by atomic mass is 19.1. The summed E-state index contributed by atoms with van der Waals surface area (Å²) in [5.41, 5.74) is 2.97. The van der Waals surface area contributed by atoms with Crippen LogP contribution in [0.5, 0.6) is 0 Å². The molecule has 0 unspecified atom stereocenters. The lowest BCUT2D eigenvalue weighted by Crippen LogP contribution is -2.25. The summed E-state index contributed by atoms with van der Waals surface area (Å²) in [5.74, 6) is -0.723. The number of nitrogens with zero attached hydrogens (tertiary/aromatic N) is 1. The fourth-order valence-electron chi connectivity index (χ4n) is 3.16. The average molecular weight is 340 g/mol. The zero-order valence-corrected chi connectivity index (χ0v) is 14.2. The molecular weight excluding hydrogens is 319 g/mol. The molecule has 2 aromatic rings. The van der Waals surface area contributed by atoms with Gasteiger partial charge in [-0.1, -0.05) is 30.3 Å². The zero-order chi connectivity index (χ0) is 17.8. The van der Waals surface area contributed by atoms with Crippen molar-refractivity contribution in [2.45, 2.75) is 32.9 Å². The third-order valence-electron chi connectivity index (χ3n) is 4.44. The first-order valence-electron chi connectivity index (χ1n) is 8.44. The Morgan fingerprint density at radius 1 is 1.08 bits per heavy atom. The van der Waals surface area contributed by atoms with Crippen LogP contribution in [0, 0.1) is 5.82 Å². The first-order valence-corrected chi connectivity index (χ1v) is 8.44. The van der Waals surface area contributed by atoms with Crippen molar-refractivity contribution >= 4 is 17.4 Å². The minimum atomic E-state index is -0.525. The van der Waals surface area contributed by atoms with Gasteiger partial charge in [-0.25, -0.2) is 4.39 Å². The molecule has 0 saturated heterocycles. The molecule has 0 aromatic heterocycles. The van der Waals surface area contributed by atoms with Gasteiger partial charge in [-0.3, -0.25) is 9.59 Å². The number of ketones is 1. The van der Waals surface area contributed by atoms with E-state index in [1.807, 2.05) is 17.0 Å². The van der Waals surface area contributed by atoms with Crippen LogP contribution in [0.15, 0.2) is 42.5 Å². The number of carbonyl (C=O) groups is 2. The van der Waals surface area contributed by atoms with E-state index in [2.05, 4.69) is 17.4 Å². The van der Waals surface area contributed by atoms with E-state index >= 15 is 0 Å². The predicted molar refractivity (Wildman–Crippen MR) is 94.8 cm³/mol. The van der Waals surface area contributed by atoms with Crippen molar-refractivity contribution < 1.29 is 14.0 Å². The molecule has 1 heterocycles. The largest absolute Gasteiger partial charge is 0.384 e. The van der Waals surface area contributed by atoms with Crippen molar-refractivity contribution in [3.63, 3.8) is 0 Å². The van der Waals surface area contributed by atoms with Gasteiger partial charge in [0.25, 0.3) is 0 Å². The van der Waals surface area contributed by atoms with Gasteiger partial charge in [0, 0.05) is 31.7 Å². The van der Waals surface area contributed by atoms with Crippen LogP contribution in [0.2, 0.25) is 0 Å². The average Bonchev–Trinajstić information content (AvgIpc) is 3.02.